The number of fused-ring (bicyclic) bond motifs is 1. The second kappa shape index (κ2) is 6.18. The first-order valence-electron chi connectivity index (χ1n) is 6.86. The van der Waals surface area contributed by atoms with Crippen LogP contribution in [0.1, 0.15) is 16.1 Å². The van der Waals surface area contributed by atoms with Gasteiger partial charge < -0.3 is 0 Å². The van der Waals surface area contributed by atoms with Gasteiger partial charge in [0, 0.05) is 24.8 Å². The molecule has 0 atom stereocenters. The fourth-order valence-electron chi connectivity index (χ4n) is 2.14. The second-order valence-electron chi connectivity index (χ2n) is 4.80. The predicted octanol–water partition coefficient (Wildman–Crippen LogP) is 1.09. The molecule has 0 fully saturated rings. The van der Waals surface area contributed by atoms with Gasteiger partial charge in [0.1, 0.15) is 0 Å². The van der Waals surface area contributed by atoms with E-state index >= 15 is 0 Å². The molecule has 0 saturated carbocycles. The Kier molecular flexibility index (Phi) is 3.92. The molecular formula is C16H13N5O2. The monoisotopic (exact) mass is 307 g/mol. The molecule has 1 aromatic carbocycles. The Morgan fingerprint density at radius 3 is 2.61 bits per heavy atom. The Bertz CT molecular complexity index is 948. The number of benzene rings is 1. The number of hydrogen-bond donors (Lipinski definition) is 1. The average Bonchev–Trinajstić information content (AvgIpc) is 2.59. The molecule has 114 valence electrons. The van der Waals surface area contributed by atoms with E-state index in [-0.39, 0.29) is 11.3 Å². The highest BCUT2D eigenvalue weighted by molar-refractivity contribution is 6.04. The number of pyridine rings is 1. The minimum Gasteiger partial charge on any atom is -0.267 e. The molecule has 7 nitrogen and oxygen atoms in total. The van der Waals surface area contributed by atoms with Crippen molar-refractivity contribution in [2.75, 3.05) is 0 Å². The first kappa shape index (κ1) is 14.6. The molecule has 0 aliphatic rings. The van der Waals surface area contributed by atoms with Gasteiger partial charge in [-0.2, -0.15) is 10.2 Å². The lowest BCUT2D eigenvalue weighted by Crippen LogP contribution is -2.27. The molecule has 2 aromatic heterocycles. The highest BCUT2D eigenvalue weighted by atomic mass is 16.2. The van der Waals surface area contributed by atoms with Crippen molar-refractivity contribution in [3.63, 3.8) is 0 Å². The smallest absolute Gasteiger partial charge is 0.267 e. The number of aromatic nitrogens is 3. The molecule has 0 bridgehead atoms. The van der Waals surface area contributed by atoms with Gasteiger partial charge in [0.2, 0.25) is 0 Å². The molecule has 0 aliphatic carbocycles. The van der Waals surface area contributed by atoms with Crippen LogP contribution < -0.4 is 11.0 Å². The van der Waals surface area contributed by atoms with E-state index in [4.69, 9.17) is 0 Å². The Balaban J connectivity index is 1.91. The highest BCUT2D eigenvalue weighted by Crippen LogP contribution is 2.12. The molecular weight excluding hydrogens is 294 g/mol. The fraction of sp³-hybridized carbons (Fsp3) is 0.0625. The summed E-state index contributed by atoms with van der Waals surface area (Å²) < 4.78 is 1.14. The van der Waals surface area contributed by atoms with Gasteiger partial charge in [-0.15, -0.1) is 0 Å². The largest absolute Gasteiger partial charge is 0.292 e. The maximum Gasteiger partial charge on any atom is 0.292 e. The van der Waals surface area contributed by atoms with Crippen LogP contribution in [0.25, 0.3) is 10.8 Å². The van der Waals surface area contributed by atoms with Crippen LogP contribution in [-0.4, -0.2) is 26.9 Å². The molecule has 1 N–H and O–H groups in total. The SMILES string of the molecule is Cn1nc(C(=O)N/N=C\c2ccncc2)c2ccccc2c1=O. The molecule has 7 heteroatoms. The van der Waals surface area contributed by atoms with Gasteiger partial charge in [0.15, 0.2) is 5.69 Å². The topological polar surface area (TPSA) is 89.2 Å². The van der Waals surface area contributed by atoms with Gasteiger partial charge in [0.25, 0.3) is 11.5 Å². The summed E-state index contributed by atoms with van der Waals surface area (Å²) in [5, 5.41) is 8.86. The molecule has 0 aliphatic heterocycles. The van der Waals surface area contributed by atoms with E-state index < -0.39 is 5.91 Å². The summed E-state index contributed by atoms with van der Waals surface area (Å²) in [6.07, 6.45) is 4.76. The van der Waals surface area contributed by atoms with Crippen LogP contribution >= 0.6 is 0 Å². The third-order valence-corrected chi connectivity index (χ3v) is 3.26. The van der Waals surface area contributed by atoms with E-state index in [1.807, 2.05) is 0 Å². The van der Waals surface area contributed by atoms with Gasteiger partial charge in [-0.05, 0) is 23.8 Å². The first-order valence-corrected chi connectivity index (χ1v) is 6.86. The Labute approximate surface area is 131 Å². The van der Waals surface area contributed by atoms with Crippen LogP contribution in [-0.2, 0) is 7.05 Å². The number of amides is 1. The Morgan fingerprint density at radius 2 is 1.87 bits per heavy atom. The van der Waals surface area contributed by atoms with Crippen molar-refractivity contribution in [2.45, 2.75) is 0 Å². The zero-order chi connectivity index (χ0) is 16.2. The minimum atomic E-state index is -0.484. The molecule has 0 spiro atoms. The second-order valence-corrected chi connectivity index (χ2v) is 4.80. The molecule has 1 amide bonds. The quantitative estimate of drug-likeness (QED) is 0.579. The van der Waals surface area contributed by atoms with Gasteiger partial charge in [-0.25, -0.2) is 10.1 Å². The summed E-state index contributed by atoms with van der Waals surface area (Å²) in [6.45, 7) is 0. The van der Waals surface area contributed by atoms with Gasteiger partial charge in [0.05, 0.1) is 11.6 Å². The van der Waals surface area contributed by atoms with Gasteiger partial charge in [-0.1, -0.05) is 18.2 Å². The van der Waals surface area contributed by atoms with Crippen LogP contribution in [0.5, 0.6) is 0 Å². The summed E-state index contributed by atoms with van der Waals surface area (Å²) in [5.74, 6) is -0.484. The minimum absolute atomic E-state index is 0.148. The lowest BCUT2D eigenvalue weighted by Gasteiger charge is -2.06. The lowest BCUT2D eigenvalue weighted by atomic mass is 10.1. The summed E-state index contributed by atoms with van der Waals surface area (Å²) in [6, 6.07) is 10.4. The van der Waals surface area contributed by atoms with E-state index in [0.29, 0.717) is 10.8 Å². The number of nitrogens with zero attached hydrogens (tertiary/aromatic N) is 4. The molecule has 3 rings (SSSR count). The normalized spacial score (nSPS) is 11.0. The number of carbonyl (C=O) groups excluding carboxylic acids is 1. The number of carbonyl (C=O) groups is 1. The number of rotatable bonds is 3. The van der Waals surface area contributed by atoms with E-state index in [0.717, 1.165) is 10.2 Å². The Hall–Kier alpha value is -3.35. The van der Waals surface area contributed by atoms with E-state index in [1.165, 1.54) is 13.3 Å². The van der Waals surface area contributed by atoms with Crippen molar-refractivity contribution in [1.29, 1.82) is 0 Å². The number of hydrazone groups is 1. The van der Waals surface area contributed by atoms with Crippen molar-refractivity contribution in [3.8, 4) is 0 Å². The molecule has 0 unspecified atom stereocenters. The number of hydrogen-bond acceptors (Lipinski definition) is 5. The van der Waals surface area contributed by atoms with Crippen LogP contribution in [0.4, 0.5) is 0 Å². The molecule has 2 heterocycles. The van der Waals surface area contributed by atoms with Crippen molar-refractivity contribution >= 4 is 22.9 Å². The molecule has 3 aromatic rings. The summed E-state index contributed by atoms with van der Waals surface area (Å²) in [4.78, 5) is 28.2. The molecule has 0 saturated heterocycles. The summed E-state index contributed by atoms with van der Waals surface area (Å²) >= 11 is 0. The summed E-state index contributed by atoms with van der Waals surface area (Å²) in [7, 11) is 1.51. The van der Waals surface area contributed by atoms with Gasteiger partial charge in [-0.3, -0.25) is 14.6 Å². The standard InChI is InChI=1S/C16H13N5O2/c1-21-16(23)13-5-3-2-4-12(13)14(20-21)15(22)19-18-10-11-6-8-17-9-7-11/h2-10H,1H3,(H,19,22)/b18-10-. The zero-order valence-electron chi connectivity index (χ0n) is 12.3. The Morgan fingerprint density at radius 1 is 1.17 bits per heavy atom. The maximum absolute atomic E-state index is 12.3. The molecule has 23 heavy (non-hydrogen) atoms. The predicted molar refractivity (Wildman–Crippen MR) is 86.3 cm³/mol. The highest BCUT2D eigenvalue weighted by Gasteiger charge is 2.14. The lowest BCUT2D eigenvalue weighted by molar-refractivity contribution is 0.0950. The van der Waals surface area contributed by atoms with Crippen molar-refractivity contribution in [1.82, 2.24) is 20.2 Å². The van der Waals surface area contributed by atoms with Crippen molar-refractivity contribution < 1.29 is 4.79 Å². The third kappa shape index (κ3) is 2.98. The van der Waals surface area contributed by atoms with E-state index in [2.05, 4.69) is 20.6 Å². The van der Waals surface area contributed by atoms with Crippen molar-refractivity contribution in [3.05, 3.63) is 70.4 Å². The number of aryl methyl sites for hydroxylation is 1. The van der Waals surface area contributed by atoms with Crippen LogP contribution in [0.3, 0.4) is 0 Å². The maximum atomic E-state index is 12.3. The van der Waals surface area contributed by atoms with Crippen LogP contribution in [0, 0.1) is 0 Å². The first-order chi connectivity index (χ1) is 11.2. The van der Waals surface area contributed by atoms with Crippen molar-refractivity contribution in [2.24, 2.45) is 12.1 Å². The van der Waals surface area contributed by atoms with E-state index in [1.54, 1.807) is 48.8 Å². The average molecular weight is 307 g/mol. The summed E-state index contributed by atoms with van der Waals surface area (Å²) in [5.41, 5.74) is 3.12. The third-order valence-electron chi connectivity index (χ3n) is 3.26. The number of nitrogens with one attached hydrogen (secondary N) is 1. The van der Waals surface area contributed by atoms with Crippen LogP contribution in [0.15, 0.2) is 58.7 Å². The fourth-order valence-corrected chi connectivity index (χ4v) is 2.14. The zero-order valence-corrected chi connectivity index (χ0v) is 12.3. The molecule has 0 radical (unpaired) electrons. The van der Waals surface area contributed by atoms with E-state index in [9.17, 15) is 9.59 Å². The van der Waals surface area contributed by atoms with Crippen LogP contribution in [0.2, 0.25) is 0 Å². The van der Waals surface area contributed by atoms with Gasteiger partial charge >= 0.3 is 0 Å².